The summed E-state index contributed by atoms with van der Waals surface area (Å²) >= 11 is 0. The van der Waals surface area contributed by atoms with E-state index < -0.39 is 5.79 Å². The first-order chi connectivity index (χ1) is 12.2. The molecule has 1 aliphatic heterocycles. The number of anilines is 1. The van der Waals surface area contributed by atoms with Gasteiger partial charge in [0.25, 0.3) is 0 Å². The Morgan fingerprint density at radius 2 is 1.96 bits per heavy atom. The van der Waals surface area contributed by atoms with Gasteiger partial charge in [-0.1, -0.05) is 18.2 Å². The number of pyridine rings is 1. The minimum atomic E-state index is -0.814. The van der Waals surface area contributed by atoms with Crippen LogP contribution in [-0.2, 0) is 9.47 Å². The lowest BCUT2D eigenvalue weighted by Crippen LogP contribution is -2.38. The minimum absolute atomic E-state index is 0.285. The highest BCUT2D eigenvalue weighted by molar-refractivity contribution is 5.80. The molecule has 0 bridgehead atoms. The Morgan fingerprint density at radius 3 is 2.72 bits per heavy atom. The van der Waals surface area contributed by atoms with Crippen LogP contribution in [-0.4, -0.2) is 31.1 Å². The first-order valence-corrected chi connectivity index (χ1v) is 8.21. The van der Waals surface area contributed by atoms with Crippen molar-refractivity contribution in [2.45, 2.75) is 18.8 Å². The van der Waals surface area contributed by atoms with Crippen molar-refractivity contribution >= 4 is 16.9 Å². The number of methoxy groups -OCH3 is 1. The molecule has 1 saturated heterocycles. The lowest BCUT2D eigenvalue weighted by molar-refractivity contribution is -0.155. The Labute approximate surface area is 145 Å². The number of hydrogen-bond donors (Lipinski definition) is 1. The molecule has 0 radical (unpaired) electrons. The fourth-order valence-corrected chi connectivity index (χ4v) is 3.13. The summed E-state index contributed by atoms with van der Waals surface area (Å²) in [6, 6.07) is 13.4. The summed E-state index contributed by atoms with van der Waals surface area (Å²) in [5.41, 5.74) is 1.77. The molecule has 1 N–H and O–H groups in total. The average molecular weight is 340 g/mol. The lowest BCUT2D eigenvalue weighted by atomic mass is 10.00. The van der Waals surface area contributed by atoms with Crippen LogP contribution >= 0.6 is 0 Å². The van der Waals surface area contributed by atoms with E-state index in [1.807, 2.05) is 49.4 Å². The molecule has 25 heavy (non-hydrogen) atoms. The molecule has 2 aromatic heterocycles. The molecule has 6 nitrogen and oxygen atoms in total. The van der Waals surface area contributed by atoms with Crippen LogP contribution in [0, 0.1) is 0 Å². The number of rotatable bonds is 5. The molecule has 0 amide bonds. The topological polar surface area (TPSA) is 65.8 Å². The van der Waals surface area contributed by atoms with Gasteiger partial charge in [0, 0.05) is 23.7 Å². The van der Waals surface area contributed by atoms with Crippen molar-refractivity contribution in [3.05, 3.63) is 54.2 Å². The van der Waals surface area contributed by atoms with Crippen LogP contribution in [0.5, 0.6) is 5.88 Å². The zero-order valence-corrected chi connectivity index (χ0v) is 14.2. The maximum Gasteiger partial charge on any atom is 0.213 e. The number of para-hydroxylation sites is 1. The Hall–Kier alpha value is -2.57. The van der Waals surface area contributed by atoms with Gasteiger partial charge in [0.15, 0.2) is 11.7 Å². The Kier molecular flexibility index (Phi) is 4.07. The molecular formula is C19H20N2O4. The molecule has 130 valence electrons. The predicted molar refractivity (Wildman–Crippen MR) is 93.7 cm³/mol. The van der Waals surface area contributed by atoms with E-state index in [1.165, 1.54) is 0 Å². The zero-order chi connectivity index (χ0) is 17.3. The van der Waals surface area contributed by atoms with E-state index in [2.05, 4.69) is 10.3 Å². The van der Waals surface area contributed by atoms with E-state index in [0.717, 1.165) is 16.5 Å². The molecule has 3 heterocycles. The molecule has 6 heteroatoms. The summed E-state index contributed by atoms with van der Waals surface area (Å²) in [5.74, 6) is 0.378. The van der Waals surface area contributed by atoms with Gasteiger partial charge < -0.3 is 23.9 Å². The van der Waals surface area contributed by atoms with Crippen LogP contribution < -0.4 is 10.1 Å². The molecule has 0 saturated carbocycles. The third kappa shape index (κ3) is 3.06. The fraction of sp³-hybridized carbons (Fsp3) is 0.316. The SMILES string of the molecule is COc1cc(C(Nc2cc3ccccc3o2)C2(C)OCCO2)ccn1. The third-order valence-electron chi connectivity index (χ3n) is 4.40. The number of nitrogens with zero attached hydrogens (tertiary/aromatic N) is 1. The first-order valence-electron chi connectivity index (χ1n) is 8.21. The Morgan fingerprint density at radius 1 is 1.16 bits per heavy atom. The van der Waals surface area contributed by atoms with Crippen LogP contribution in [0.4, 0.5) is 5.88 Å². The third-order valence-corrected chi connectivity index (χ3v) is 4.40. The van der Waals surface area contributed by atoms with Crippen molar-refractivity contribution in [3.63, 3.8) is 0 Å². The van der Waals surface area contributed by atoms with E-state index in [9.17, 15) is 0 Å². The molecule has 1 aliphatic rings. The summed E-state index contributed by atoms with van der Waals surface area (Å²) in [4.78, 5) is 4.18. The molecular weight excluding hydrogens is 320 g/mol. The summed E-state index contributed by atoms with van der Waals surface area (Å²) in [7, 11) is 1.60. The number of benzene rings is 1. The van der Waals surface area contributed by atoms with E-state index in [1.54, 1.807) is 13.3 Å². The molecule has 1 aromatic carbocycles. The van der Waals surface area contributed by atoms with Crippen LogP contribution in [0.15, 0.2) is 53.1 Å². The van der Waals surface area contributed by atoms with Gasteiger partial charge in [-0.05, 0) is 24.6 Å². The van der Waals surface area contributed by atoms with Crippen molar-refractivity contribution in [3.8, 4) is 5.88 Å². The molecule has 1 fully saturated rings. The van der Waals surface area contributed by atoms with Gasteiger partial charge in [-0.3, -0.25) is 0 Å². The highest BCUT2D eigenvalue weighted by atomic mass is 16.7. The Balaban J connectivity index is 1.71. The van der Waals surface area contributed by atoms with Crippen LogP contribution in [0.25, 0.3) is 11.0 Å². The normalized spacial score (nSPS) is 17.5. The zero-order valence-electron chi connectivity index (χ0n) is 14.2. The standard InChI is InChI=1S/C19H20N2O4/c1-19(23-9-10-24-19)18(14-7-8-20-16(12-14)22-2)21-17-11-13-5-3-4-6-15(13)25-17/h3-8,11-12,18,21H,9-10H2,1-2H3. The smallest absolute Gasteiger partial charge is 0.213 e. The molecule has 4 rings (SSSR count). The molecule has 3 aromatic rings. The van der Waals surface area contributed by atoms with E-state index in [-0.39, 0.29) is 6.04 Å². The number of hydrogen-bond acceptors (Lipinski definition) is 6. The van der Waals surface area contributed by atoms with Crippen molar-refractivity contribution < 1.29 is 18.6 Å². The fourth-order valence-electron chi connectivity index (χ4n) is 3.13. The van der Waals surface area contributed by atoms with Crippen molar-refractivity contribution in [1.82, 2.24) is 4.98 Å². The average Bonchev–Trinajstić information content (AvgIpc) is 3.26. The number of aromatic nitrogens is 1. The van der Waals surface area contributed by atoms with Gasteiger partial charge in [-0.15, -0.1) is 0 Å². The van der Waals surface area contributed by atoms with Gasteiger partial charge >= 0.3 is 0 Å². The van der Waals surface area contributed by atoms with Gasteiger partial charge in [-0.25, -0.2) is 4.98 Å². The number of ether oxygens (including phenoxy) is 3. The quantitative estimate of drug-likeness (QED) is 0.763. The van der Waals surface area contributed by atoms with Gasteiger partial charge in [-0.2, -0.15) is 0 Å². The number of furan rings is 1. The van der Waals surface area contributed by atoms with Crippen molar-refractivity contribution in [2.75, 3.05) is 25.6 Å². The monoisotopic (exact) mass is 340 g/mol. The molecule has 0 spiro atoms. The van der Waals surface area contributed by atoms with Gasteiger partial charge in [0.05, 0.1) is 20.3 Å². The van der Waals surface area contributed by atoms with Crippen molar-refractivity contribution in [1.29, 1.82) is 0 Å². The van der Waals surface area contributed by atoms with E-state index in [0.29, 0.717) is 25.0 Å². The highest BCUT2D eigenvalue weighted by Gasteiger charge is 2.41. The summed E-state index contributed by atoms with van der Waals surface area (Å²) in [6.07, 6.45) is 1.71. The lowest BCUT2D eigenvalue weighted by Gasteiger charge is -2.33. The van der Waals surface area contributed by atoms with E-state index >= 15 is 0 Å². The first kappa shape index (κ1) is 15.9. The number of nitrogens with one attached hydrogen (secondary N) is 1. The number of fused-ring (bicyclic) bond motifs is 1. The van der Waals surface area contributed by atoms with E-state index in [4.69, 9.17) is 18.6 Å². The molecule has 1 atom stereocenters. The van der Waals surface area contributed by atoms with Crippen LogP contribution in [0.2, 0.25) is 0 Å². The maximum atomic E-state index is 5.91. The highest BCUT2D eigenvalue weighted by Crippen LogP contribution is 2.38. The summed E-state index contributed by atoms with van der Waals surface area (Å²) in [5, 5.41) is 4.46. The van der Waals surface area contributed by atoms with Gasteiger partial charge in [0.1, 0.15) is 11.6 Å². The van der Waals surface area contributed by atoms with Crippen LogP contribution in [0.3, 0.4) is 0 Å². The molecule has 0 aliphatic carbocycles. The van der Waals surface area contributed by atoms with Gasteiger partial charge in [0.2, 0.25) is 5.88 Å². The second kappa shape index (κ2) is 6.38. The second-order valence-corrected chi connectivity index (χ2v) is 6.07. The molecule has 1 unspecified atom stereocenters. The minimum Gasteiger partial charge on any atom is -0.481 e. The van der Waals surface area contributed by atoms with Crippen LogP contribution in [0.1, 0.15) is 18.5 Å². The van der Waals surface area contributed by atoms with Crippen molar-refractivity contribution in [2.24, 2.45) is 0 Å². The predicted octanol–water partition coefficient (Wildman–Crippen LogP) is 3.75. The largest absolute Gasteiger partial charge is 0.481 e. The summed E-state index contributed by atoms with van der Waals surface area (Å²) in [6.45, 7) is 3.03. The Bertz CT molecular complexity index is 837. The summed E-state index contributed by atoms with van der Waals surface area (Å²) < 4.78 is 22.9. The second-order valence-electron chi connectivity index (χ2n) is 6.07. The maximum absolute atomic E-state index is 5.91.